The molecule has 0 spiro atoms. The molecule has 0 aromatic carbocycles. The lowest BCUT2D eigenvalue weighted by Crippen LogP contribution is -2.43. The van der Waals surface area contributed by atoms with Gasteiger partial charge < -0.3 is 15.7 Å². The summed E-state index contributed by atoms with van der Waals surface area (Å²) < 4.78 is 7.32. The van der Waals surface area contributed by atoms with Crippen LogP contribution in [0, 0.1) is 11.1 Å². The summed E-state index contributed by atoms with van der Waals surface area (Å²) in [4.78, 5) is 48.9. The van der Waals surface area contributed by atoms with E-state index in [4.69, 9.17) is 10.5 Å². The molecule has 2 aromatic rings. The molecule has 144 valence electrons. The highest BCUT2D eigenvalue weighted by Crippen LogP contribution is 2.09. The van der Waals surface area contributed by atoms with Gasteiger partial charge in [-0.25, -0.2) is 9.59 Å². The minimum Gasteiger partial charge on any atom is -0.619 e. The SMILES string of the molecule is CC(C)Cn1c(N)c(C(=O)COC(=O)c2cc[n+]([O-])cc2)c(=O)n(C)c1=O. The zero-order valence-corrected chi connectivity index (χ0v) is 15.2. The summed E-state index contributed by atoms with van der Waals surface area (Å²) in [6.45, 7) is 3.19. The molecular weight excluding hydrogens is 356 g/mol. The highest BCUT2D eigenvalue weighted by molar-refractivity contribution is 6.02. The van der Waals surface area contributed by atoms with Gasteiger partial charge in [-0.2, -0.15) is 4.73 Å². The van der Waals surface area contributed by atoms with E-state index in [0.717, 1.165) is 21.5 Å². The Morgan fingerprint density at radius 3 is 2.41 bits per heavy atom. The Bertz CT molecular complexity index is 988. The minimum atomic E-state index is -0.856. The number of nitrogens with zero attached hydrogens (tertiary/aromatic N) is 3. The van der Waals surface area contributed by atoms with Gasteiger partial charge in [-0.3, -0.25) is 18.7 Å². The fourth-order valence-electron chi connectivity index (χ4n) is 2.42. The number of ketones is 1. The summed E-state index contributed by atoms with van der Waals surface area (Å²) >= 11 is 0. The van der Waals surface area contributed by atoms with Crippen molar-refractivity contribution in [3.05, 3.63) is 61.7 Å². The van der Waals surface area contributed by atoms with Crippen LogP contribution < -0.4 is 21.7 Å². The molecular formula is C17H20N4O6. The number of pyridine rings is 1. The van der Waals surface area contributed by atoms with Gasteiger partial charge in [0.1, 0.15) is 11.4 Å². The van der Waals surface area contributed by atoms with Gasteiger partial charge in [0.15, 0.2) is 19.0 Å². The normalized spacial score (nSPS) is 10.8. The Kier molecular flexibility index (Phi) is 5.78. The number of carbonyl (C=O) groups excluding carboxylic acids is 2. The van der Waals surface area contributed by atoms with Gasteiger partial charge in [-0.05, 0) is 5.92 Å². The van der Waals surface area contributed by atoms with Crippen LogP contribution in [0.25, 0.3) is 0 Å². The zero-order chi connectivity index (χ0) is 20.3. The third-order valence-corrected chi connectivity index (χ3v) is 3.78. The Morgan fingerprint density at radius 2 is 1.85 bits per heavy atom. The van der Waals surface area contributed by atoms with Gasteiger partial charge in [0.2, 0.25) is 5.78 Å². The van der Waals surface area contributed by atoms with E-state index in [1.54, 1.807) is 0 Å². The molecule has 0 bridgehead atoms. The molecule has 2 aromatic heterocycles. The number of carbonyl (C=O) groups is 2. The van der Waals surface area contributed by atoms with E-state index in [1.807, 2.05) is 13.8 Å². The molecule has 0 aliphatic carbocycles. The van der Waals surface area contributed by atoms with Crippen molar-refractivity contribution < 1.29 is 19.1 Å². The first-order valence-electron chi connectivity index (χ1n) is 8.12. The van der Waals surface area contributed by atoms with E-state index < -0.39 is 35.2 Å². The molecule has 0 atom stereocenters. The fraction of sp³-hybridized carbons (Fsp3) is 0.353. The number of rotatable bonds is 6. The Morgan fingerprint density at radius 1 is 1.26 bits per heavy atom. The quantitative estimate of drug-likeness (QED) is 0.309. The first-order chi connectivity index (χ1) is 12.6. The van der Waals surface area contributed by atoms with Crippen LogP contribution >= 0.6 is 0 Å². The van der Waals surface area contributed by atoms with Gasteiger partial charge in [0.05, 0.1) is 5.56 Å². The van der Waals surface area contributed by atoms with Crippen molar-refractivity contribution in [2.24, 2.45) is 13.0 Å². The Balaban J connectivity index is 2.29. The predicted octanol–water partition coefficient (Wildman–Crippen LogP) is -0.542. The summed E-state index contributed by atoms with van der Waals surface area (Å²) in [6, 6.07) is 2.46. The highest BCUT2D eigenvalue weighted by Gasteiger charge is 2.23. The maximum absolute atomic E-state index is 12.4. The van der Waals surface area contributed by atoms with Gasteiger partial charge in [-0.1, -0.05) is 13.8 Å². The van der Waals surface area contributed by atoms with Crippen molar-refractivity contribution in [1.29, 1.82) is 0 Å². The first kappa shape index (κ1) is 19.9. The number of anilines is 1. The smallest absolute Gasteiger partial charge is 0.339 e. The second-order valence-electron chi connectivity index (χ2n) is 6.36. The van der Waals surface area contributed by atoms with Crippen molar-refractivity contribution in [3.8, 4) is 0 Å². The van der Waals surface area contributed by atoms with E-state index in [0.29, 0.717) is 4.73 Å². The summed E-state index contributed by atoms with van der Waals surface area (Å²) in [5, 5.41) is 11.0. The van der Waals surface area contributed by atoms with Gasteiger partial charge in [-0.15, -0.1) is 0 Å². The van der Waals surface area contributed by atoms with Crippen molar-refractivity contribution in [1.82, 2.24) is 9.13 Å². The number of aromatic nitrogens is 3. The maximum Gasteiger partial charge on any atom is 0.339 e. The summed E-state index contributed by atoms with van der Waals surface area (Å²) in [5.74, 6) is -1.88. The molecule has 0 saturated heterocycles. The Labute approximate surface area is 154 Å². The summed E-state index contributed by atoms with van der Waals surface area (Å²) in [6.07, 6.45) is 2.21. The standard InChI is InChI=1S/C17H20N4O6/c1-10(2)8-21-14(18)13(15(23)19(3)17(21)25)12(22)9-27-16(24)11-4-6-20(26)7-5-11/h4-7,10H,8-9,18H2,1-3H3. The number of nitrogens with two attached hydrogens (primary N) is 1. The predicted molar refractivity (Wildman–Crippen MR) is 95.2 cm³/mol. The van der Waals surface area contributed by atoms with Crippen molar-refractivity contribution in [2.45, 2.75) is 20.4 Å². The topological polar surface area (TPSA) is 140 Å². The fourth-order valence-corrected chi connectivity index (χ4v) is 2.42. The number of esters is 1. The molecule has 0 aliphatic heterocycles. The van der Waals surface area contributed by atoms with Crippen LogP contribution in [-0.4, -0.2) is 27.5 Å². The molecule has 0 amide bonds. The molecule has 10 nitrogen and oxygen atoms in total. The van der Waals surface area contributed by atoms with Crippen molar-refractivity contribution in [3.63, 3.8) is 0 Å². The van der Waals surface area contributed by atoms with Gasteiger partial charge in [0.25, 0.3) is 5.56 Å². The lowest BCUT2D eigenvalue weighted by molar-refractivity contribution is -0.605. The Hall–Kier alpha value is -3.43. The van der Waals surface area contributed by atoms with E-state index in [-0.39, 0.29) is 23.8 Å². The molecule has 0 aliphatic rings. The molecule has 0 fully saturated rings. The third kappa shape index (κ3) is 4.22. The van der Waals surface area contributed by atoms with E-state index in [1.165, 1.54) is 19.2 Å². The molecule has 10 heteroatoms. The van der Waals surface area contributed by atoms with Crippen molar-refractivity contribution >= 4 is 17.6 Å². The monoisotopic (exact) mass is 376 g/mol. The number of ether oxygens (including phenoxy) is 1. The molecule has 27 heavy (non-hydrogen) atoms. The summed E-state index contributed by atoms with van der Waals surface area (Å²) in [7, 11) is 1.24. The van der Waals surface area contributed by atoms with Crippen LogP contribution in [-0.2, 0) is 18.3 Å². The molecule has 2 heterocycles. The van der Waals surface area contributed by atoms with Crippen LogP contribution in [0.1, 0.15) is 34.6 Å². The van der Waals surface area contributed by atoms with E-state index in [2.05, 4.69) is 0 Å². The molecule has 2 rings (SSSR count). The highest BCUT2D eigenvalue weighted by atomic mass is 16.5. The third-order valence-electron chi connectivity index (χ3n) is 3.78. The number of nitrogen functional groups attached to an aromatic ring is 1. The van der Waals surface area contributed by atoms with E-state index >= 15 is 0 Å². The minimum absolute atomic E-state index is 0.0464. The number of Topliss-reactive ketones (excluding diaryl/α,β-unsaturated/α-hetero) is 1. The average Bonchev–Trinajstić information content (AvgIpc) is 2.62. The van der Waals surface area contributed by atoms with Crippen LogP contribution in [0.3, 0.4) is 0 Å². The molecule has 0 unspecified atom stereocenters. The van der Waals surface area contributed by atoms with Gasteiger partial charge in [0, 0.05) is 25.7 Å². The van der Waals surface area contributed by atoms with Gasteiger partial charge >= 0.3 is 11.7 Å². The van der Waals surface area contributed by atoms with E-state index in [9.17, 15) is 24.4 Å². The second-order valence-corrected chi connectivity index (χ2v) is 6.36. The molecule has 2 N–H and O–H groups in total. The number of hydrogen-bond acceptors (Lipinski definition) is 7. The lowest BCUT2D eigenvalue weighted by Gasteiger charge is -2.16. The lowest BCUT2D eigenvalue weighted by atomic mass is 10.1. The van der Waals surface area contributed by atoms with Crippen LogP contribution in [0.2, 0.25) is 0 Å². The summed E-state index contributed by atoms with van der Waals surface area (Å²) in [5.41, 5.74) is 4.07. The van der Waals surface area contributed by atoms with Crippen LogP contribution in [0.5, 0.6) is 0 Å². The average molecular weight is 376 g/mol. The molecule has 0 saturated carbocycles. The van der Waals surface area contributed by atoms with Crippen LogP contribution in [0.15, 0.2) is 34.1 Å². The number of hydrogen-bond donors (Lipinski definition) is 1. The maximum atomic E-state index is 12.4. The largest absolute Gasteiger partial charge is 0.619 e. The first-order valence-corrected chi connectivity index (χ1v) is 8.12. The molecule has 0 radical (unpaired) electrons. The second kappa shape index (κ2) is 7.85. The van der Waals surface area contributed by atoms with Crippen LogP contribution in [0.4, 0.5) is 5.82 Å². The van der Waals surface area contributed by atoms with Crippen molar-refractivity contribution in [2.75, 3.05) is 12.3 Å². The zero-order valence-electron chi connectivity index (χ0n) is 15.2.